The SMILES string of the molecule is OC(Cc1c(F)c(F)c(F)c(F)c1F)C(F)(F)F. The molecule has 1 unspecified atom stereocenters. The molecule has 0 radical (unpaired) electrons. The molecule has 0 aliphatic carbocycles. The second-order valence-corrected chi connectivity index (χ2v) is 3.31. The molecule has 0 aliphatic heterocycles. The summed E-state index contributed by atoms with van der Waals surface area (Å²) < 4.78 is 99.5. The van der Waals surface area contributed by atoms with Crippen LogP contribution in [0.3, 0.4) is 0 Å². The van der Waals surface area contributed by atoms with E-state index < -0.39 is 53.4 Å². The molecule has 0 bridgehead atoms. The molecular formula is C9H4F8O. The molecule has 1 nitrogen and oxygen atoms in total. The van der Waals surface area contributed by atoms with E-state index >= 15 is 0 Å². The van der Waals surface area contributed by atoms with Crippen molar-refractivity contribution < 1.29 is 40.2 Å². The second-order valence-electron chi connectivity index (χ2n) is 3.31. The van der Waals surface area contributed by atoms with Crippen LogP contribution in [0.1, 0.15) is 5.56 Å². The number of aliphatic hydroxyl groups excluding tert-OH is 1. The van der Waals surface area contributed by atoms with Crippen LogP contribution in [0.4, 0.5) is 35.1 Å². The maximum absolute atomic E-state index is 13.0. The van der Waals surface area contributed by atoms with Crippen LogP contribution in [0.5, 0.6) is 0 Å². The number of benzene rings is 1. The molecule has 0 saturated carbocycles. The average Bonchev–Trinajstić information content (AvgIpc) is 2.28. The van der Waals surface area contributed by atoms with Gasteiger partial charge in [-0.1, -0.05) is 0 Å². The van der Waals surface area contributed by atoms with Crippen molar-refractivity contribution in [2.75, 3.05) is 0 Å². The molecule has 1 aromatic rings. The maximum Gasteiger partial charge on any atom is 0.414 e. The van der Waals surface area contributed by atoms with E-state index in [1.807, 2.05) is 0 Å². The summed E-state index contributed by atoms with van der Waals surface area (Å²) in [5.74, 6) is -12.0. The molecule has 1 atom stereocenters. The lowest BCUT2D eigenvalue weighted by atomic mass is 10.1. The lowest BCUT2D eigenvalue weighted by Crippen LogP contribution is -2.31. The van der Waals surface area contributed by atoms with Gasteiger partial charge in [0.1, 0.15) is 0 Å². The summed E-state index contributed by atoms with van der Waals surface area (Å²) in [5, 5.41) is 8.54. The van der Waals surface area contributed by atoms with Crippen LogP contribution in [0, 0.1) is 29.1 Å². The second kappa shape index (κ2) is 4.71. The van der Waals surface area contributed by atoms with Gasteiger partial charge in [-0.15, -0.1) is 0 Å². The van der Waals surface area contributed by atoms with Crippen LogP contribution in [-0.4, -0.2) is 17.4 Å². The van der Waals surface area contributed by atoms with Crippen molar-refractivity contribution >= 4 is 0 Å². The van der Waals surface area contributed by atoms with Gasteiger partial charge < -0.3 is 5.11 Å². The molecule has 0 aliphatic rings. The van der Waals surface area contributed by atoms with Crippen molar-refractivity contribution in [1.29, 1.82) is 0 Å². The quantitative estimate of drug-likeness (QED) is 0.502. The van der Waals surface area contributed by atoms with E-state index in [0.717, 1.165) is 0 Å². The Labute approximate surface area is 94.6 Å². The van der Waals surface area contributed by atoms with E-state index in [2.05, 4.69) is 0 Å². The Balaban J connectivity index is 3.26. The van der Waals surface area contributed by atoms with Crippen molar-refractivity contribution in [1.82, 2.24) is 0 Å². The summed E-state index contributed by atoms with van der Waals surface area (Å²) in [7, 11) is 0. The Morgan fingerprint density at radius 1 is 0.778 bits per heavy atom. The molecule has 0 aromatic heterocycles. The summed E-state index contributed by atoms with van der Waals surface area (Å²) in [4.78, 5) is 0. The first-order valence-electron chi connectivity index (χ1n) is 4.32. The summed E-state index contributed by atoms with van der Waals surface area (Å²) in [6.07, 6.45) is -10.2. The van der Waals surface area contributed by atoms with Gasteiger partial charge in [0, 0.05) is 12.0 Å². The Kier molecular flexibility index (Phi) is 3.84. The van der Waals surface area contributed by atoms with Crippen molar-refractivity contribution in [2.45, 2.75) is 18.7 Å². The van der Waals surface area contributed by atoms with Crippen LogP contribution in [-0.2, 0) is 6.42 Å². The van der Waals surface area contributed by atoms with E-state index in [1.54, 1.807) is 0 Å². The number of hydrogen-bond acceptors (Lipinski definition) is 1. The lowest BCUT2D eigenvalue weighted by molar-refractivity contribution is -0.203. The van der Waals surface area contributed by atoms with Gasteiger partial charge >= 0.3 is 6.18 Å². The minimum absolute atomic E-state index is 1.71. The first-order chi connectivity index (χ1) is 8.07. The largest absolute Gasteiger partial charge is 0.414 e. The molecule has 1 rings (SSSR count). The smallest absolute Gasteiger partial charge is 0.383 e. The zero-order valence-corrected chi connectivity index (χ0v) is 8.26. The zero-order chi connectivity index (χ0) is 14.2. The third-order valence-corrected chi connectivity index (χ3v) is 2.08. The van der Waals surface area contributed by atoms with Gasteiger partial charge in [0.25, 0.3) is 0 Å². The zero-order valence-electron chi connectivity index (χ0n) is 8.26. The molecule has 102 valence electrons. The fraction of sp³-hybridized carbons (Fsp3) is 0.333. The van der Waals surface area contributed by atoms with Crippen LogP contribution in [0.15, 0.2) is 0 Å². The molecule has 1 N–H and O–H groups in total. The highest BCUT2D eigenvalue weighted by atomic mass is 19.4. The first kappa shape index (κ1) is 14.7. The molecule has 0 heterocycles. The van der Waals surface area contributed by atoms with E-state index in [1.165, 1.54) is 0 Å². The van der Waals surface area contributed by atoms with Gasteiger partial charge in [-0.25, -0.2) is 22.0 Å². The van der Waals surface area contributed by atoms with Crippen molar-refractivity contribution in [3.8, 4) is 0 Å². The van der Waals surface area contributed by atoms with Crippen LogP contribution in [0.2, 0.25) is 0 Å². The van der Waals surface area contributed by atoms with Gasteiger partial charge in [-0.05, 0) is 0 Å². The molecule has 0 spiro atoms. The van der Waals surface area contributed by atoms with Crippen molar-refractivity contribution in [2.24, 2.45) is 0 Å². The third kappa shape index (κ3) is 2.55. The van der Waals surface area contributed by atoms with Crippen molar-refractivity contribution in [3.05, 3.63) is 34.6 Å². The Hall–Kier alpha value is -1.38. The van der Waals surface area contributed by atoms with Crippen LogP contribution in [0.25, 0.3) is 0 Å². The Morgan fingerprint density at radius 3 is 1.44 bits per heavy atom. The van der Waals surface area contributed by atoms with Gasteiger partial charge in [0.2, 0.25) is 5.82 Å². The third-order valence-electron chi connectivity index (χ3n) is 2.08. The van der Waals surface area contributed by atoms with Crippen LogP contribution < -0.4 is 0 Å². The Bertz CT molecular complexity index is 438. The minimum Gasteiger partial charge on any atom is -0.383 e. The van der Waals surface area contributed by atoms with Gasteiger partial charge in [0.05, 0.1) is 0 Å². The number of hydrogen-bond donors (Lipinski definition) is 1. The first-order valence-corrected chi connectivity index (χ1v) is 4.32. The predicted molar refractivity (Wildman–Crippen MR) is 42.0 cm³/mol. The topological polar surface area (TPSA) is 20.2 Å². The number of aliphatic hydroxyl groups is 1. The average molecular weight is 280 g/mol. The van der Waals surface area contributed by atoms with Gasteiger partial charge in [0.15, 0.2) is 29.4 Å². The van der Waals surface area contributed by atoms with E-state index in [-0.39, 0.29) is 0 Å². The summed E-state index contributed by atoms with van der Waals surface area (Å²) in [5.41, 5.74) is -1.71. The molecular weight excluding hydrogens is 276 g/mol. The number of rotatable bonds is 2. The van der Waals surface area contributed by atoms with Crippen LogP contribution >= 0.6 is 0 Å². The fourth-order valence-corrected chi connectivity index (χ4v) is 1.14. The normalized spacial score (nSPS) is 13.8. The highest BCUT2D eigenvalue weighted by molar-refractivity contribution is 5.24. The van der Waals surface area contributed by atoms with Crippen molar-refractivity contribution in [3.63, 3.8) is 0 Å². The molecule has 1 aromatic carbocycles. The maximum atomic E-state index is 13.0. The molecule has 9 heteroatoms. The molecule has 0 fully saturated rings. The van der Waals surface area contributed by atoms with E-state index in [0.29, 0.717) is 0 Å². The molecule has 0 amide bonds. The fourth-order valence-electron chi connectivity index (χ4n) is 1.14. The lowest BCUT2D eigenvalue weighted by Gasteiger charge is -2.15. The Morgan fingerprint density at radius 2 is 1.11 bits per heavy atom. The molecule has 0 saturated heterocycles. The van der Waals surface area contributed by atoms with E-state index in [4.69, 9.17) is 5.11 Å². The number of halogens is 8. The van der Waals surface area contributed by atoms with Gasteiger partial charge in [-0.3, -0.25) is 0 Å². The summed E-state index contributed by atoms with van der Waals surface area (Å²) in [6.45, 7) is 0. The van der Waals surface area contributed by atoms with E-state index in [9.17, 15) is 35.1 Å². The van der Waals surface area contributed by atoms with Gasteiger partial charge in [-0.2, -0.15) is 13.2 Å². The highest BCUT2D eigenvalue weighted by Gasteiger charge is 2.40. The highest BCUT2D eigenvalue weighted by Crippen LogP contribution is 2.28. The number of alkyl halides is 3. The minimum atomic E-state index is -5.24. The monoisotopic (exact) mass is 280 g/mol. The predicted octanol–water partition coefficient (Wildman–Crippen LogP) is 2.85. The standard InChI is InChI=1S/C9H4F8O/c10-4-2(1-3(18)9(15,16)17)5(11)7(13)8(14)6(4)12/h3,18H,1H2. The summed E-state index contributed by atoms with van der Waals surface area (Å²) in [6, 6.07) is 0. The molecule has 18 heavy (non-hydrogen) atoms. The summed E-state index contributed by atoms with van der Waals surface area (Å²) >= 11 is 0.